The number of para-hydroxylation sites is 2. The van der Waals surface area contributed by atoms with E-state index < -0.39 is 0 Å². The van der Waals surface area contributed by atoms with Crippen molar-refractivity contribution in [2.24, 2.45) is 0 Å². The molecule has 0 N–H and O–H groups in total. The number of aromatic nitrogens is 1. The molecule has 0 saturated carbocycles. The largest absolute Gasteiger partial charge is 0.436 e. The molecule has 0 amide bonds. The number of fused-ring (bicyclic) bond motifs is 4. The zero-order valence-corrected chi connectivity index (χ0v) is 29.0. The number of nitrogens with zero attached hydrogens (tertiary/aromatic N) is 1. The van der Waals surface area contributed by atoms with Gasteiger partial charge >= 0.3 is 0 Å². The van der Waals surface area contributed by atoms with Crippen LogP contribution in [0.2, 0.25) is 0 Å². The lowest BCUT2D eigenvalue weighted by Gasteiger charge is -2.11. The van der Waals surface area contributed by atoms with Crippen molar-refractivity contribution < 1.29 is 4.42 Å². The van der Waals surface area contributed by atoms with Crippen LogP contribution < -0.4 is 0 Å². The Hall–Kier alpha value is -6.55. The van der Waals surface area contributed by atoms with Gasteiger partial charge in [0, 0.05) is 31.3 Å². The third-order valence-corrected chi connectivity index (χ3v) is 11.2. The van der Waals surface area contributed by atoms with Gasteiger partial charge in [-0.05, 0) is 98.6 Å². The molecule has 0 atom stereocenters. The first-order valence-electron chi connectivity index (χ1n) is 17.5. The van der Waals surface area contributed by atoms with E-state index >= 15 is 0 Å². The van der Waals surface area contributed by atoms with E-state index in [1.165, 1.54) is 70.2 Å². The third-order valence-electron chi connectivity index (χ3n) is 9.96. The van der Waals surface area contributed by atoms with Gasteiger partial charge in [-0.25, -0.2) is 4.98 Å². The van der Waals surface area contributed by atoms with Crippen LogP contribution in [0.15, 0.2) is 192 Å². The minimum absolute atomic E-state index is 0.636. The number of oxazole rings is 1. The van der Waals surface area contributed by atoms with Crippen molar-refractivity contribution in [3.05, 3.63) is 188 Å². The van der Waals surface area contributed by atoms with Gasteiger partial charge in [0.05, 0.1) is 0 Å². The second-order valence-corrected chi connectivity index (χ2v) is 14.2. The van der Waals surface area contributed by atoms with E-state index in [4.69, 9.17) is 9.40 Å². The van der Waals surface area contributed by atoms with Crippen molar-refractivity contribution in [1.29, 1.82) is 0 Å². The van der Waals surface area contributed by atoms with Gasteiger partial charge in [0.15, 0.2) is 5.58 Å². The molecule has 8 aromatic carbocycles. The summed E-state index contributed by atoms with van der Waals surface area (Å²) in [5.41, 5.74) is 14.7. The molecule has 0 radical (unpaired) electrons. The maximum absolute atomic E-state index is 6.10. The van der Waals surface area contributed by atoms with Crippen LogP contribution in [-0.4, -0.2) is 4.98 Å². The Morgan fingerprint density at radius 2 is 0.846 bits per heavy atom. The lowest BCUT2D eigenvalue weighted by molar-refractivity contribution is 0.620. The molecule has 0 aliphatic rings. The molecule has 0 fully saturated rings. The smallest absolute Gasteiger partial charge is 0.227 e. The molecule has 0 aliphatic heterocycles. The van der Waals surface area contributed by atoms with Crippen molar-refractivity contribution in [1.82, 2.24) is 4.98 Å². The van der Waals surface area contributed by atoms with E-state index in [0.717, 1.165) is 22.2 Å². The van der Waals surface area contributed by atoms with Crippen molar-refractivity contribution in [3.8, 4) is 67.1 Å². The van der Waals surface area contributed by atoms with Crippen LogP contribution in [0.3, 0.4) is 0 Å². The monoisotopic (exact) mass is 681 g/mol. The van der Waals surface area contributed by atoms with Crippen LogP contribution in [0.5, 0.6) is 0 Å². The van der Waals surface area contributed by atoms with E-state index in [2.05, 4.69) is 164 Å². The lowest BCUT2D eigenvalue weighted by Crippen LogP contribution is -1.85. The van der Waals surface area contributed by atoms with E-state index in [-0.39, 0.29) is 0 Å². The summed E-state index contributed by atoms with van der Waals surface area (Å²) in [6.45, 7) is 0. The minimum atomic E-state index is 0.636. The fraction of sp³-hybridized carbons (Fsp3) is 0. The van der Waals surface area contributed by atoms with Crippen LogP contribution in [0.4, 0.5) is 0 Å². The van der Waals surface area contributed by atoms with E-state index in [9.17, 15) is 0 Å². The molecule has 3 heteroatoms. The summed E-state index contributed by atoms with van der Waals surface area (Å²) < 4.78 is 8.66. The Balaban J connectivity index is 1.09. The van der Waals surface area contributed by atoms with E-state index in [1.807, 2.05) is 35.6 Å². The number of benzene rings is 8. The predicted molar refractivity (Wildman–Crippen MR) is 220 cm³/mol. The quantitative estimate of drug-likeness (QED) is 0.175. The van der Waals surface area contributed by atoms with Gasteiger partial charge in [0.2, 0.25) is 5.89 Å². The summed E-state index contributed by atoms with van der Waals surface area (Å²) in [5, 5.41) is 2.54. The van der Waals surface area contributed by atoms with Crippen LogP contribution >= 0.6 is 11.3 Å². The SMILES string of the molecule is c1ccc(-c2ccc(-c3ccc4sc5c(-c6ccc(-c7nc8ccccc8o7)cc6)cc(-c6ccc(-c7ccccc7)cc6)cc5c4c3)cc2)cc1. The Morgan fingerprint density at radius 3 is 1.48 bits per heavy atom. The van der Waals surface area contributed by atoms with Crippen molar-refractivity contribution in [2.75, 3.05) is 0 Å². The van der Waals surface area contributed by atoms with Crippen LogP contribution in [0.25, 0.3) is 98.4 Å². The van der Waals surface area contributed by atoms with Gasteiger partial charge < -0.3 is 4.42 Å². The molecular weight excluding hydrogens is 651 g/mol. The Morgan fingerprint density at radius 1 is 0.365 bits per heavy atom. The van der Waals surface area contributed by atoms with Gasteiger partial charge in [0.1, 0.15) is 5.52 Å². The van der Waals surface area contributed by atoms with Crippen molar-refractivity contribution in [2.45, 2.75) is 0 Å². The molecule has 0 aliphatic carbocycles. The maximum atomic E-state index is 6.10. The van der Waals surface area contributed by atoms with Gasteiger partial charge in [-0.3, -0.25) is 0 Å². The summed E-state index contributed by atoms with van der Waals surface area (Å²) in [5.74, 6) is 0.636. The average Bonchev–Trinajstić information content (AvgIpc) is 3.83. The number of hydrogen-bond acceptors (Lipinski definition) is 3. The van der Waals surface area contributed by atoms with Crippen LogP contribution in [-0.2, 0) is 0 Å². The number of hydrogen-bond donors (Lipinski definition) is 0. The highest BCUT2D eigenvalue weighted by atomic mass is 32.1. The van der Waals surface area contributed by atoms with E-state index in [1.54, 1.807) is 0 Å². The fourth-order valence-corrected chi connectivity index (χ4v) is 8.40. The highest BCUT2D eigenvalue weighted by Crippen LogP contribution is 2.44. The van der Waals surface area contributed by atoms with Gasteiger partial charge in [-0.1, -0.05) is 140 Å². The molecule has 2 nitrogen and oxygen atoms in total. The first kappa shape index (κ1) is 30.3. The van der Waals surface area contributed by atoms with Crippen LogP contribution in [0.1, 0.15) is 0 Å². The van der Waals surface area contributed by atoms with Crippen molar-refractivity contribution >= 4 is 42.6 Å². The average molecular weight is 682 g/mol. The molecule has 0 saturated heterocycles. The minimum Gasteiger partial charge on any atom is -0.436 e. The van der Waals surface area contributed by atoms with Crippen molar-refractivity contribution in [3.63, 3.8) is 0 Å². The molecule has 244 valence electrons. The molecule has 10 aromatic rings. The van der Waals surface area contributed by atoms with Gasteiger partial charge in [0.25, 0.3) is 0 Å². The molecule has 0 unspecified atom stereocenters. The Kier molecular flexibility index (Phi) is 7.37. The molecule has 52 heavy (non-hydrogen) atoms. The molecule has 0 spiro atoms. The third kappa shape index (κ3) is 5.49. The summed E-state index contributed by atoms with van der Waals surface area (Å²) >= 11 is 1.86. The summed E-state index contributed by atoms with van der Waals surface area (Å²) in [6.07, 6.45) is 0. The maximum Gasteiger partial charge on any atom is 0.227 e. The second kappa shape index (κ2) is 12.6. The standard InChI is InChI=1S/C49H31NOS/c1-3-9-32(10-4-1)34-15-19-36(20-16-34)40-27-28-47-43(29-40)44-31-41(37-21-17-35(18-22-37)33-11-5-2-6-12-33)30-42(48(44)52-47)38-23-25-39(26-24-38)49-50-45-13-7-8-14-46(45)51-49/h1-31H. The fourth-order valence-electron chi connectivity index (χ4n) is 7.20. The highest BCUT2D eigenvalue weighted by molar-refractivity contribution is 7.26. The molecule has 2 aromatic heterocycles. The molecule has 10 rings (SSSR count). The van der Waals surface area contributed by atoms with E-state index in [0.29, 0.717) is 5.89 Å². The topological polar surface area (TPSA) is 26.0 Å². The van der Waals surface area contributed by atoms with Gasteiger partial charge in [-0.2, -0.15) is 0 Å². The normalized spacial score (nSPS) is 11.5. The zero-order valence-electron chi connectivity index (χ0n) is 28.2. The first-order chi connectivity index (χ1) is 25.7. The highest BCUT2D eigenvalue weighted by Gasteiger charge is 2.16. The molecule has 2 heterocycles. The lowest BCUT2D eigenvalue weighted by atomic mass is 9.94. The number of rotatable bonds is 6. The summed E-state index contributed by atoms with van der Waals surface area (Å²) in [7, 11) is 0. The predicted octanol–water partition coefficient (Wildman–Crippen LogP) is 14.2. The summed E-state index contributed by atoms with van der Waals surface area (Å²) in [6, 6.07) is 67.2. The molecular formula is C49H31NOS. The zero-order chi connectivity index (χ0) is 34.4. The van der Waals surface area contributed by atoms with Gasteiger partial charge in [-0.15, -0.1) is 11.3 Å². The second-order valence-electron chi connectivity index (χ2n) is 13.2. The first-order valence-corrected chi connectivity index (χ1v) is 18.3. The molecule has 0 bridgehead atoms. The van der Waals surface area contributed by atoms with Crippen LogP contribution in [0, 0.1) is 0 Å². The Bertz CT molecular complexity index is 2820. The Labute approximate surface area is 305 Å². The summed E-state index contributed by atoms with van der Waals surface area (Å²) in [4.78, 5) is 4.74. The number of thiophene rings is 1.